The topological polar surface area (TPSA) is 29.1 Å². The second kappa shape index (κ2) is 6.13. The van der Waals surface area contributed by atoms with Crippen molar-refractivity contribution in [2.24, 2.45) is 0 Å². The molecule has 5 heteroatoms. The van der Waals surface area contributed by atoms with Gasteiger partial charge in [0.1, 0.15) is 0 Å². The highest BCUT2D eigenvalue weighted by Crippen LogP contribution is 2.25. The highest BCUT2D eigenvalue weighted by Gasteiger charge is 2.11. The molecule has 0 aromatic carbocycles. The summed E-state index contributed by atoms with van der Waals surface area (Å²) in [5.41, 5.74) is 0. The Morgan fingerprint density at radius 3 is 2.73 bits per heavy atom. The second-order valence-corrected chi connectivity index (χ2v) is 7.03. The van der Waals surface area contributed by atoms with Crippen LogP contribution in [0.15, 0.2) is 15.9 Å². The van der Waals surface area contributed by atoms with Gasteiger partial charge >= 0.3 is 0 Å². The molecule has 0 aliphatic rings. The van der Waals surface area contributed by atoms with Gasteiger partial charge in [-0.1, -0.05) is 0 Å². The Kier molecular flexibility index (Phi) is 5.46. The lowest BCUT2D eigenvalue weighted by Crippen LogP contribution is -2.32. The Morgan fingerprint density at radius 1 is 1.60 bits per heavy atom. The summed E-state index contributed by atoms with van der Waals surface area (Å²) < 4.78 is 12.2. The summed E-state index contributed by atoms with van der Waals surface area (Å²) in [6.45, 7) is 4.20. The summed E-state index contributed by atoms with van der Waals surface area (Å²) in [5, 5.41) is 5.52. The highest BCUT2D eigenvalue weighted by atomic mass is 79.9. The molecule has 1 heterocycles. The maximum absolute atomic E-state index is 11.0. The van der Waals surface area contributed by atoms with Gasteiger partial charge in [-0.3, -0.25) is 4.21 Å². The molecule has 0 radical (unpaired) electrons. The van der Waals surface area contributed by atoms with Crippen LogP contribution >= 0.6 is 27.3 Å². The summed E-state index contributed by atoms with van der Waals surface area (Å²) in [6, 6.07) is 2.73. The van der Waals surface area contributed by atoms with Crippen LogP contribution in [-0.4, -0.2) is 22.3 Å². The molecule has 15 heavy (non-hydrogen) atoms. The van der Waals surface area contributed by atoms with Crippen LogP contribution in [0.3, 0.4) is 0 Å². The maximum atomic E-state index is 11.0. The summed E-state index contributed by atoms with van der Waals surface area (Å²) in [6.07, 6.45) is 1.74. The summed E-state index contributed by atoms with van der Waals surface area (Å²) in [4.78, 5) is 1.30. The van der Waals surface area contributed by atoms with E-state index in [0.29, 0.717) is 11.8 Å². The SMILES string of the molecule is CC(CS(C)=O)NC(C)c1cc(Br)cs1. The molecule has 0 aliphatic heterocycles. The van der Waals surface area contributed by atoms with Gasteiger partial charge < -0.3 is 5.32 Å². The van der Waals surface area contributed by atoms with Crippen LogP contribution in [0.2, 0.25) is 0 Å². The molecule has 2 nitrogen and oxygen atoms in total. The lowest BCUT2D eigenvalue weighted by atomic mass is 10.2. The van der Waals surface area contributed by atoms with Gasteiger partial charge in [0.25, 0.3) is 0 Å². The van der Waals surface area contributed by atoms with Gasteiger partial charge in [-0.05, 0) is 35.8 Å². The van der Waals surface area contributed by atoms with E-state index in [0.717, 1.165) is 4.47 Å². The fourth-order valence-electron chi connectivity index (χ4n) is 1.46. The molecule has 1 aromatic rings. The Hall–Kier alpha value is 0.290. The number of nitrogens with one attached hydrogen (secondary N) is 1. The molecule has 3 atom stereocenters. The number of hydrogen-bond donors (Lipinski definition) is 1. The van der Waals surface area contributed by atoms with E-state index in [9.17, 15) is 4.21 Å². The summed E-state index contributed by atoms with van der Waals surface area (Å²) in [7, 11) is -0.732. The first-order valence-corrected chi connectivity index (χ1v) is 8.19. The van der Waals surface area contributed by atoms with Crippen LogP contribution in [0.4, 0.5) is 0 Å². The van der Waals surface area contributed by atoms with Crippen LogP contribution in [-0.2, 0) is 10.8 Å². The fourth-order valence-corrected chi connectivity index (χ4v) is 3.73. The van der Waals surface area contributed by atoms with Gasteiger partial charge in [0.05, 0.1) is 0 Å². The number of halogens is 1. The van der Waals surface area contributed by atoms with Crippen LogP contribution in [0.1, 0.15) is 24.8 Å². The number of rotatable bonds is 5. The van der Waals surface area contributed by atoms with Crippen LogP contribution in [0, 0.1) is 0 Å². The summed E-state index contributed by atoms with van der Waals surface area (Å²) >= 11 is 5.17. The van der Waals surface area contributed by atoms with Gasteiger partial charge in [0.2, 0.25) is 0 Å². The average Bonchev–Trinajstić information content (AvgIpc) is 2.49. The van der Waals surface area contributed by atoms with E-state index in [1.807, 2.05) is 0 Å². The van der Waals surface area contributed by atoms with Crippen molar-refractivity contribution in [2.45, 2.75) is 25.9 Å². The van der Waals surface area contributed by atoms with Gasteiger partial charge in [-0.2, -0.15) is 0 Å². The monoisotopic (exact) mass is 309 g/mol. The van der Waals surface area contributed by atoms with E-state index >= 15 is 0 Å². The first-order valence-electron chi connectivity index (χ1n) is 4.79. The van der Waals surface area contributed by atoms with Crippen LogP contribution in [0.5, 0.6) is 0 Å². The zero-order valence-electron chi connectivity index (χ0n) is 9.12. The molecule has 1 rings (SSSR count). The Balaban J connectivity index is 2.48. The largest absolute Gasteiger partial charge is 0.306 e. The van der Waals surface area contributed by atoms with Gasteiger partial charge in [0, 0.05) is 49.6 Å². The van der Waals surface area contributed by atoms with Crippen molar-refractivity contribution < 1.29 is 4.21 Å². The van der Waals surface area contributed by atoms with Crippen LogP contribution in [0.25, 0.3) is 0 Å². The van der Waals surface area contributed by atoms with Crippen molar-refractivity contribution in [1.82, 2.24) is 5.32 Å². The Morgan fingerprint density at radius 2 is 2.27 bits per heavy atom. The Labute approximate surface area is 106 Å². The van der Waals surface area contributed by atoms with E-state index in [2.05, 4.69) is 46.5 Å². The minimum atomic E-state index is -0.732. The predicted octanol–water partition coefficient (Wildman–Crippen LogP) is 2.93. The van der Waals surface area contributed by atoms with Crippen molar-refractivity contribution in [3.8, 4) is 0 Å². The predicted molar refractivity (Wildman–Crippen MR) is 72.0 cm³/mol. The summed E-state index contributed by atoms with van der Waals surface area (Å²) in [5.74, 6) is 0.705. The van der Waals surface area contributed by atoms with Crippen molar-refractivity contribution in [1.29, 1.82) is 0 Å². The van der Waals surface area contributed by atoms with Crippen molar-refractivity contribution in [3.05, 3.63) is 20.8 Å². The average molecular weight is 310 g/mol. The molecular formula is C10H16BrNOS2. The molecule has 0 saturated carbocycles. The quantitative estimate of drug-likeness (QED) is 0.906. The molecular weight excluding hydrogens is 294 g/mol. The van der Waals surface area contributed by atoms with Gasteiger partial charge in [-0.25, -0.2) is 0 Å². The van der Waals surface area contributed by atoms with E-state index in [1.165, 1.54) is 4.88 Å². The molecule has 0 fully saturated rings. The standard InChI is InChI=1S/C10H16BrNOS2/c1-7(6-15(3)13)12-8(2)10-4-9(11)5-14-10/h4-5,7-8,12H,6H2,1-3H3. The maximum Gasteiger partial charge on any atom is 0.0388 e. The first kappa shape index (κ1) is 13.4. The third kappa shape index (κ3) is 4.76. The smallest absolute Gasteiger partial charge is 0.0388 e. The lowest BCUT2D eigenvalue weighted by Gasteiger charge is -2.17. The van der Waals surface area contributed by atoms with Gasteiger partial charge in [-0.15, -0.1) is 11.3 Å². The molecule has 1 aromatic heterocycles. The zero-order chi connectivity index (χ0) is 11.4. The lowest BCUT2D eigenvalue weighted by molar-refractivity contribution is 0.513. The minimum Gasteiger partial charge on any atom is -0.306 e. The van der Waals surface area contributed by atoms with Gasteiger partial charge in [0.15, 0.2) is 0 Å². The third-order valence-electron chi connectivity index (χ3n) is 2.03. The van der Waals surface area contributed by atoms with Crippen molar-refractivity contribution in [3.63, 3.8) is 0 Å². The third-order valence-corrected chi connectivity index (χ3v) is 4.88. The molecule has 0 spiro atoms. The molecule has 0 bridgehead atoms. The highest BCUT2D eigenvalue weighted by molar-refractivity contribution is 9.10. The van der Waals surface area contributed by atoms with E-state index < -0.39 is 10.8 Å². The number of hydrogen-bond acceptors (Lipinski definition) is 3. The zero-order valence-corrected chi connectivity index (χ0v) is 12.3. The fraction of sp³-hybridized carbons (Fsp3) is 0.600. The first-order chi connectivity index (χ1) is 6.99. The molecule has 3 unspecified atom stereocenters. The number of thiophene rings is 1. The van der Waals surface area contributed by atoms with Crippen molar-refractivity contribution in [2.75, 3.05) is 12.0 Å². The molecule has 0 amide bonds. The second-order valence-electron chi connectivity index (χ2n) is 3.70. The van der Waals surface area contributed by atoms with Crippen molar-refractivity contribution >= 4 is 38.1 Å². The normalized spacial score (nSPS) is 17.3. The minimum absolute atomic E-state index is 0.284. The molecule has 86 valence electrons. The van der Waals surface area contributed by atoms with E-state index in [-0.39, 0.29) is 6.04 Å². The Bertz CT molecular complexity index is 340. The molecule has 0 aliphatic carbocycles. The van der Waals surface area contributed by atoms with E-state index in [4.69, 9.17) is 0 Å². The van der Waals surface area contributed by atoms with Crippen LogP contribution < -0.4 is 5.32 Å². The molecule has 1 N–H and O–H groups in total. The molecule has 0 saturated heterocycles. The van der Waals surface area contributed by atoms with E-state index in [1.54, 1.807) is 17.6 Å².